The quantitative estimate of drug-likeness (QED) is 0.742. The molecule has 0 aliphatic rings. The van der Waals surface area contributed by atoms with E-state index in [2.05, 4.69) is 20.6 Å². The molecule has 3 aromatic rings. The number of para-hydroxylation sites is 1. The van der Waals surface area contributed by atoms with E-state index in [4.69, 9.17) is 4.74 Å². The van der Waals surface area contributed by atoms with Gasteiger partial charge in [-0.15, -0.1) is 0 Å². The molecule has 6 nitrogen and oxygen atoms in total. The Labute approximate surface area is 145 Å². The zero-order valence-corrected chi connectivity index (χ0v) is 14.0. The zero-order valence-electron chi connectivity index (χ0n) is 14.0. The molecule has 3 rings (SSSR count). The molecule has 0 radical (unpaired) electrons. The summed E-state index contributed by atoms with van der Waals surface area (Å²) in [4.78, 5) is 21.0. The molecule has 2 N–H and O–H groups in total. The zero-order chi connectivity index (χ0) is 17.6. The van der Waals surface area contributed by atoms with Crippen LogP contribution in [-0.4, -0.2) is 23.0 Å². The Hall–Kier alpha value is -3.41. The maximum Gasteiger partial charge on any atom is 0.274 e. The number of hydrogen-bond donors (Lipinski definition) is 2. The van der Waals surface area contributed by atoms with E-state index in [9.17, 15) is 4.79 Å². The van der Waals surface area contributed by atoms with Gasteiger partial charge in [-0.2, -0.15) is 0 Å². The summed E-state index contributed by atoms with van der Waals surface area (Å²) in [6, 6.07) is 18.3. The average Bonchev–Trinajstić information content (AvgIpc) is 2.63. The van der Waals surface area contributed by atoms with Crippen LogP contribution < -0.4 is 15.4 Å². The first-order valence-corrected chi connectivity index (χ1v) is 7.77. The highest BCUT2D eigenvalue weighted by Crippen LogP contribution is 2.19. The molecule has 0 spiro atoms. The minimum absolute atomic E-state index is 0.283. The van der Waals surface area contributed by atoms with Crippen LogP contribution in [0.5, 0.6) is 5.75 Å². The summed E-state index contributed by atoms with van der Waals surface area (Å²) in [7, 11) is 1.62. The molecule has 2 aromatic carbocycles. The van der Waals surface area contributed by atoms with E-state index in [1.807, 2.05) is 54.6 Å². The number of hydrogen-bond acceptors (Lipinski definition) is 5. The normalized spacial score (nSPS) is 10.2. The van der Waals surface area contributed by atoms with Crippen molar-refractivity contribution in [3.8, 4) is 5.75 Å². The second-order valence-electron chi connectivity index (χ2n) is 5.36. The minimum Gasteiger partial charge on any atom is -0.497 e. The van der Waals surface area contributed by atoms with E-state index in [0.29, 0.717) is 23.0 Å². The van der Waals surface area contributed by atoms with Crippen LogP contribution in [-0.2, 0) is 0 Å². The van der Waals surface area contributed by atoms with Gasteiger partial charge in [0, 0.05) is 17.4 Å². The molecule has 1 amide bonds. The number of nitrogens with one attached hydrogen (secondary N) is 2. The Balaban J connectivity index is 1.78. The minimum atomic E-state index is -0.283. The largest absolute Gasteiger partial charge is 0.497 e. The van der Waals surface area contributed by atoms with Gasteiger partial charge in [-0.1, -0.05) is 18.2 Å². The number of carbonyl (C=O) groups excluding carboxylic acids is 1. The summed E-state index contributed by atoms with van der Waals surface area (Å²) < 4.78 is 5.14. The third-order valence-corrected chi connectivity index (χ3v) is 3.46. The Kier molecular flexibility index (Phi) is 4.89. The Morgan fingerprint density at radius 1 is 0.960 bits per heavy atom. The van der Waals surface area contributed by atoms with Gasteiger partial charge in [0.15, 0.2) is 0 Å². The summed E-state index contributed by atoms with van der Waals surface area (Å²) >= 11 is 0. The van der Waals surface area contributed by atoms with Crippen LogP contribution in [0.1, 0.15) is 16.3 Å². The molecular weight excluding hydrogens is 316 g/mol. The van der Waals surface area contributed by atoms with Crippen molar-refractivity contribution in [1.29, 1.82) is 0 Å². The summed E-state index contributed by atoms with van der Waals surface area (Å²) in [6.45, 7) is 1.75. The highest BCUT2D eigenvalue weighted by molar-refractivity contribution is 6.03. The maximum atomic E-state index is 12.4. The highest BCUT2D eigenvalue weighted by Gasteiger charge is 2.11. The van der Waals surface area contributed by atoms with Crippen LogP contribution in [0.2, 0.25) is 0 Å². The van der Waals surface area contributed by atoms with E-state index in [-0.39, 0.29) is 5.91 Å². The van der Waals surface area contributed by atoms with Crippen molar-refractivity contribution in [2.45, 2.75) is 6.92 Å². The van der Waals surface area contributed by atoms with Crippen LogP contribution in [0.15, 0.2) is 60.7 Å². The average molecular weight is 334 g/mol. The molecule has 25 heavy (non-hydrogen) atoms. The van der Waals surface area contributed by atoms with Crippen molar-refractivity contribution in [2.24, 2.45) is 0 Å². The molecule has 0 aliphatic heterocycles. The van der Waals surface area contributed by atoms with Crippen LogP contribution in [0.25, 0.3) is 0 Å². The van der Waals surface area contributed by atoms with Crippen molar-refractivity contribution in [1.82, 2.24) is 9.97 Å². The third-order valence-electron chi connectivity index (χ3n) is 3.46. The van der Waals surface area contributed by atoms with E-state index < -0.39 is 0 Å². The summed E-state index contributed by atoms with van der Waals surface area (Å²) in [5.41, 5.74) is 1.86. The maximum absolute atomic E-state index is 12.4. The Morgan fingerprint density at radius 2 is 1.68 bits per heavy atom. The fourth-order valence-corrected chi connectivity index (χ4v) is 2.29. The number of amides is 1. The second-order valence-corrected chi connectivity index (χ2v) is 5.36. The second kappa shape index (κ2) is 7.44. The number of aromatic nitrogens is 2. The molecule has 0 unspecified atom stereocenters. The van der Waals surface area contributed by atoms with Gasteiger partial charge >= 0.3 is 0 Å². The van der Waals surface area contributed by atoms with Crippen molar-refractivity contribution >= 4 is 23.1 Å². The standard InChI is InChI=1S/C19H18N4O2/c1-13-20-17(19(24)23-14-6-4-3-5-7-14)12-18(21-13)22-15-8-10-16(25-2)11-9-15/h3-12H,1-2H3,(H,23,24)(H,20,21,22). The Morgan fingerprint density at radius 3 is 2.36 bits per heavy atom. The van der Waals surface area contributed by atoms with Crippen molar-refractivity contribution in [3.63, 3.8) is 0 Å². The number of ether oxygens (including phenoxy) is 1. The molecular formula is C19H18N4O2. The van der Waals surface area contributed by atoms with Gasteiger partial charge in [0.25, 0.3) is 5.91 Å². The fourth-order valence-electron chi connectivity index (χ4n) is 2.29. The van der Waals surface area contributed by atoms with Gasteiger partial charge in [0.05, 0.1) is 7.11 Å². The van der Waals surface area contributed by atoms with E-state index in [1.54, 1.807) is 20.1 Å². The number of aryl methyl sites for hydroxylation is 1. The molecule has 1 heterocycles. The molecule has 1 aromatic heterocycles. The summed E-state index contributed by atoms with van der Waals surface area (Å²) in [5.74, 6) is 1.55. The molecule has 0 bridgehead atoms. The third kappa shape index (κ3) is 4.32. The van der Waals surface area contributed by atoms with Crippen LogP contribution in [0.3, 0.4) is 0 Å². The summed E-state index contributed by atoms with van der Waals surface area (Å²) in [5, 5.41) is 5.99. The van der Waals surface area contributed by atoms with Gasteiger partial charge in [-0.05, 0) is 43.3 Å². The topological polar surface area (TPSA) is 76.1 Å². The van der Waals surface area contributed by atoms with Gasteiger partial charge in [0.2, 0.25) is 0 Å². The fraction of sp³-hybridized carbons (Fsp3) is 0.105. The first-order chi connectivity index (χ1) is 12.1. The Bertz CT molecular complexity index is 864. The van der Waals surface area contributed by atoms with Crippen LogP contribution >= 0.6 is 0 Å². The molecule has 6 heteroatoms. The number of anilines is 3. The van der Waals surface area contributed by atoms with Crippen molar-refractivity contribution in [2.75, 3.05) is 17.7 Å². The lowest BCUT2D eigenvalue weighted by molar-refractivity contribution is 0.102. The predicted octanol–water partition coefficient (Wildman–Crippen LogP) is 3.79. The number of nitrogens with zero attached hydrogens (tertiary/aromatic N) is 2. The SMILES string of the molecule is COc1ccc(Nc2cc(C(=O)Nc3ccccc3)nc(C)n2)cc1. The van der Waals surface area contributed by atoms with Gasteiger partial charge in [-0.25, -0.2) is 9.97 Å². The van der Waals surface area contributed by atoms with E-state index in [1.165, 1.54) is 0 Å². The van der Waals surface area contributed by atoms with Crippen molar-refractivity contribution in [3.05, 3.63) is 72.2 Å². The first kappa shape index (κ1) is 16.4. The number of methoxy groups -OCH3 is 1. The van der Waals surface area contributed by atoms with E-state index in [0.717, 1.165) is 11.4 Å². The lowest BCUT2D eigenvalue weighted by Gasteiger charge is -2.10. The predicted molar refractivity (Wildman–Crippen MR) is 97.4 cm³/mol. The van der Waals surface area contributed by atoms with E-state index >= 15 is 0 Å². The first-order valence-electron chi connectivity index (χ1n) is 7.77. The van der Waals surface area contributed by atoms with Gasteiger partial charge in [-0.3, -0.25) is 4.79 Å². The molecule has 0 atom stereocenters. The highest BCUT2D eigenvalue weighted by atomic mass is 16.5. The smallest absolute Gasteiger partial charge is 0.274 e. The van der Waals surface area contributed by atoms with Crippen LogP contribution in [0, 0.1) is 6.92 Å². The van der Waals surface area contributed by atoms with Crippen molar-refractivity contribution < 1.29 is 9.53 Å². The molecule has 0 saturated heterocycles. The summed E-state index contributed by atoms with van der Waals surface area (Å²) in [6.07, 6.45) is 0. The monoisotopic (exact) mass is 334 g/mol. The number of rotatable bonds is 5. The van der Waals surface area contributed by atoms with Gasteiger partial charge < -0.3 is 15.4 Å². The molecule has 0 fully saturated rings. The number of carbonyl (C=O) groups is 1. The lowest BCUT2D eigenvalue weighted by Crippen LogP contribution is -2.15. The molecule has 126 valence electrons. The lowest BCUT2D eigenvalue weighted by atomic mass is 10.2. The number of benzene rings is 2. The van der Waals surface area contributed by atoms with Gasteiger partial charge in [0.1, 0.15) is 23.1 Å². The molecule has 0 saturated carbocycles. The van der Waals surface area contributed by atoms with Crippen LogP contribution in [0.4, 0.5) is 17.2 Å². The molecule has 0 aliphatic carbocycles.